The van der Waals surface area contributed by atoms with Crippen LogP contribution in [-0.2, 0) is 14.3 Å². The van der Waals surface area contributed by atoms with Gasteiger partial charge in [0, 0.05) is 18.1 Å². The predicted octanol–water partition coefficient (Wildman–Crippen LogP) is 4.20. The minimum atomic E-state index is -0.491. The number of hydrogen-bond donors (Lipinski definition) is 0. The topological polar surface area (TPSA) is 69.7 Å². The van der Waals surface area contributed by atoms with Gasteiger partial charge in [-0.05, 0) is 31.7 Å². The summed E-state index contributed by atoms with van der Waals surface area (Å²) in [4.78, 5) is 35.7. The number of benzene rings is 2. The molecule has 2 aromatic carbocycles. The fraction of sp³-hybridized carbons (Fsp3) is 0.318. The van der Waals surface area contributed by atoms with Crippen LogP contribution in [0.1, 0.15) is 58.9 Å². The van der Waals surface area contributed by atoms with Crippen LogP contribution >= 0.6 is 0 Å². The molecule has 5 heteroatoms. The quantitative estimate of drug-likeness (QED) is 0.357. The van der Waals surface area contributed by atoms with Crippen molar-refractivity contribution in [2.45, 2.75) is 32.6 Å². The molecule has 0 aliphatic heterocycles. The SMILES string of the molecule is CC(=O)OCCCCCCOC(=O)c1ccccc1C(=O)c1ccccc1. The van der Waals surface area contributed by atoms with Crippen molar-refractivity contribution in [2.24, 2.45) is 0 Å². The van der Waals surface area contributed by atoms with E-state index in [0.29, 0.717) is 24.3 Å². The molecule has 0 atom stereocenters. The van der Waals surface area contributed by atoms with Crippen LogP contribution in [0.5, 0.6) is 0 Å². The van der Waals surface area contributed by atoms with E-state index >= 15 is 0 Å². The Labute approximate surface area is 159 Å². The third-order valence-electron chi connectivity index (χ3n) is 4.00. The number of hydrogen-bond acceptors (Lipinski definition) is 5. The fourth-order valence-corrected chi connectivity index (χ4v) is 2.62. The van der Waals surface area contributed by atoms with Crippen molar-refractivity contribution in [3.63, 3.8) is 0 Å². The lowest BCUT2D eigenvalue weighted by atomic mass is 9.98. The Morgan fingerprint density at radius 2 is 1.26 bits per heavy atom. The van der Waals surface area contributed by atoms with Crippen LogP contribution in [0.3, 0.4) is 0 Å². The standard InChI is InChI=1S/C22H24O5/c1-17(23)26-15-9-2-3-10-16-27-22(25)20-14-8-7-13-19(20)21(24)18-11-5-4-6-12-18/h4-8,11-14H,2-3,9-10,15-16H2,1H3. The molecule has 0 radical (unpaired) electrons. The molecule has 2 rings (SSSR count). The minimum Gasteiger partial charge on any atom is -0.466 e. The highest BCUT2D eigenvalue weighted by atomic mass is 16.5. The van der Waals surface area contributed by atoms with Gasteiger partial charge < -0.3 is 9.47 Å². The maximum absolute atomic E-state index is 12.7. The molecule has 2 aromatic rings. The first kappa shape index (κ1) is 20.4. The van der Waals surface area contributed by atoms with Crippen molar-refractivity contribution in [1.82, 2.24) is 0 Å². The maximum atomic E-state index is 12.7. The van der Waals surface area contributed by atoms with E-state index in [2.05, 4.69) is 0 Å². The molecule has 0 fully saturated rings. The molecule has 0 spiro atoms. The minimum absolute atomic E-state index is 0.200. The summed E-state index contributed by atoms with van der Waals surface area (Å²) in [7, 11) is 0. The lowest BCUT2D eigenvalue weighted by Crippen LogP contribution is -2.13. The molecule has 0 amide bonds. The van der Waals surface area contributed by atoms with E-state index in [1.807, 2.05) is 6.07 Å². The van der Waals surface area contributed by atoms with E-state index in [1.165, 1.54) is 6.92 Å². The first-order chi connectivity index (χ1) is 13.1. The maximum Gasteiger partial charge on any atom is 0.338 e. The van der Waals surface area contributed by atoms with Gasteiger partial charge >= 0.3 is 11.9 Å². The molecule has 0 aliphatic rings. The second kappa shape index (κ2) is 10.9. The van der Waals surface area contributed by atoms with Crippen LogP contribution in [0.15, 0.2) is 54.6 Å². The first-order valence-corrected chi connectivity index (χ1v) is 9.09. The Hall–Kier alpha value is -2.95. The average Bonchev–Trinajstić information content (AvgIpc) is 2.69. The zero-order chi connectivity index (χ0) is 19.5. The number of unbranched alkanes of at least 4 members (excludes halogenated alkanes) is 3. The first-order valence-electron chi connectivity index (χ1n) is 9.09. The Morgan fingerprint density at radius 1 is 0.704 bits per heavy atom. The summed E-state index contributed by atoms with van der Waals surface area (Å²) in [6.07, 6.45) is 3.29. The van der Waals surface area contributed by atoms with Gasteiger partial charge in [0.25, 0.3) is 0 Å². The number of rotatable bonds is 10. The number of esters is 2. The lowest BCUT2D eigenvalue weighted by Gasteiger charge is -2.09. The monoisotopic (exact) mass is 368 g/mol. The van der Waals surface area contributed by atoms with E-state index in [1.54, 1.807) is 48.5 Å². The summed E-state index contributed by atoms with van der Waals surface area (Å²) < 4.78 is 10.2. The normalized spacial score (nSPS) is 10.3. The summed E-state index contributed by atoms with van der Waals surface area (Å²) in [6, 6.07) is 15.6. The van der Waals surface area contributed by atoms with E-state index in [9.17, 15) is 14.4 Å². The van der Waals surface area contributed by atoms with E-state index in [0.717, 1.165) is 25.7 Å². The molecule has 0 N–H and O–H groups in total. The molecule has 0 bridgehead atoms. The van der Waals surface area contributed by atoms with Crippen LogP contribution in [0.4, 0.5) is 0 Å². The third kappa shape index (κ3) is 6.70. The second-order valence-corrected chi connectivity index (χ2v) is 6.13. The van der Waals surface area contributed by atoms with E-state index in [4.69, 9.17) is 9.47 Å². The summed E-state index contributed by atoms with van der Waals surface area (Å²) in [6.45, 7) is 2.10. The van der Waals surface area contributed by atoms with Gasteiger partial charge in [-0.15, -0.1) is 0 Å². The van der Waals surface area contributed by atoms with Gasteiger partial charge in [0.2, 0.25) is 0 Å². The number of ether oxygens (including phenoxy) is 2. The van der Waals surface area contributed by atoms with Gasteiger partial charge in [0.15, 0.2) is 5.78 Å². The van der Waals surface area contributed by atoms with Crippen molar-refractivity contribution in [3.8, 4) is 0 Å². The molecule has 0 saturated heterocycles. The molecule has 27 heavy (non-hydrogen) atoms. The van der Waals surface area contributed by atoms with Crippen molar-refractivity contribution in [3.05, 3.63) is 71.3 Å². The van der Waals surface area contributed by atoms with Crippen LogP contribution in [-0.4, -0.2) is 30.9 Å². The van der Waals surface area contributed by atoms with Crippen molar-refractivity contribution in [2.75, 3.05) is 13.2 Å². The number of carbonyl (C=O) groups excluding carboxylic acids is 3. The largest absolute Gasteiger partial charge is 0.466 e. The molecule has 0 saturated carbocycles. The summed E-state index contributed by atoms with van der Waals surface area (Å²) in [5, 5.41) is 0. The molecular formula is C22H24O5. The molecule has 0 aromatic heterocycles. The third-order valence-corrected chi connectivity index (χ3v) is 4.00. The van der Waals surface area contributed by atoms with Gasteiger partial charge in [-0.3, -0.25) is 9.59 Å². The number of ketones is 1. The Morgan fingerprint density at radius 3 is 1.89 bits per heavy atom. The van der Waals surface area contributed by atoms with Crippen molar-refractivity contribution < 1.29 is 23.9 Å². The van der Waals surface area contributed by atoms with Gasteiger partial charge in [-0.2, -0.15) is 0 Å². The molecule has 142 valence electrons. The van der Waals surface area contributed by atoms with Gasteiger partial charge in [-0.25, -0.2) is 4.79 Å². The predicted molar refractivity (Wildman–Crippen MR) is 102 cm³/mol. The van der Waals surface area contributed by atoms with E-state index in [-0.39, 0.29) is 17.3 Å². The van der Waals surface area contributed by atoms with Crippen LogP contribution in [0, 0.1) is 0 Å². The highest BCUT2D eigenvalue weighted by Crippen LogP contribution is 2.16. The summed E-state index contributed by atoms with van der Waals surface area (Å²) in [5.41, 5.74) is 1.15. The van der Waals surface area contributed by atoms with Crippen LogP contribution < -0.4 is 0 Å². The zero-order valence-corrected chi connectivity index (χ0v) is 15.5. The lowest BCUT2D eigenvalue weighted by molar-refractivity contribution is -0.141. The zero-order valence-electron chi connectivity index (χ0n) is 15.5. The van der Waals surface area contributed by atoms with Crippen LogP contribution in [0.25, 0.3) is 0 Å². The second-order valence-electron chi connectivity index (χ2n) is 6.13. The molecular weight excluding hydrogens is 344 g/mol. The molecule has 0 unspecified atom stereocenters. The Balaban J connectivity index is 1.83. The smallest absolute Gasteiger partial charge is 0.338 e. The number of carbonyl (C=O) groups is 3. The van der Waals surface area contributed by atoms with Crippen molar-refractivity contribution >= 4 is 17.7 Å². The summed E-state index contributed by atoms with van der Waals surface area (Å²) >= 11 is 0. The molecule has 0 heterocycles. The Bertz CT molecular complexity index is 767. The average molecular weight is 368 g/mol. The van der Waals surface area contributed by atoms with Gasteiger partial charge in [0.05, 0.1) is 18.8 Å². The fourth-order valence-electron chi connectivity index (χ4n) is 2.62. The summed E-state index contributed by atoms with van der Waals surface area (Å²) in [5.74, 6) is -0.962. The van der Waals surface area contributed by atoms with E-state index < -0.39 is 5.97 Å². The van der Waals surface area contributed by atoms with Gasteiger partial charge in [-0.1, -0.05) is 48.5 Å². The molecule has 5 nitrogen and oxygen atoms in total. The van der Waals surface area contributed by atoms with Gasteiger partial charge in [0.1, 0.15) is 0 Å². The van der Waals surface area contributed by atoms with Crippen LogP contribution in [0.2, 0.25) is 0 Å². The highest BCUT2D eigenvalue weighted by Gasteiger charge is 2.18. The molecule has 0 aliphatic carbocycles. The Kier molecular flexibility index (Phi) is 8.23. The van der Waals surface area contributed by atoms with Crippen molar-refractivity contribution in [1.29, 1.82) is 0 Å². The highest BCUT2D eigenvalue weighted by molar-refractivity contribution is 6.14.